The third-order valence-corrected chi connectivity index (χ3v) is 3.41. The normalized spacial score (nSPS) is 17.8. The number of ether oxygens (including phenoxy) is 1. The van der Waals surface area contributed by atoms with E-state index in [-0.39, 0.29) is 12.3 Å². The Bertz CT molecular complexity index is 443. The van der Waals surface area contributed by atoms with Crippen molar-refractivity contribution in [3.63, 3.8) is 0 Å². The average Bonchev–Trinajstić information content (AvgIpc) is 2.35. The smallest absolute Gasteiger partial charge is 0.303 e. The summed E-state index contributed by atoms with van der Waals surface area (Å²) < 4.78 is 5.12. The van der Waals surface area contributed by atoms with Gasteiger partial charge in [0.1, 0.15) is 5.75 Å². The third-order valence-electron chi connectivity index (χ3n) is 3.41. The van der Waals surface area contributed by atoms with Crippen LogP contribution in [-0.2, 0) is 4.79 Å². The Labute approximate surface area is 112 Å². The summed E-state index contributed by atoms with van der Waals surface area (Å²) in [5.74, 6) is 0.192. The molecule has 2 N–H and O–H groups in total. The third kappa shape index (κ3) is 3.68. The number of aliphatic carboxylic acids is 1. The molecule has 1 saturated heterocycles. The molecule has 2 rings (SSSR count). The largest absolute Gasteiger partial charge is 0.497 e. The summed E-state index contributed by atoms with van der Waals surface area (Å²) in [6, 6.07) is 7.37. The van der Waals surface area contributed by atoms with Crippen LogP contribution in [0.2, 0.25) is 0 Å². The first-order valence-corrected chi connectivity index (χ1v) is 6.34. The maximum Gasteiger partial charge on any atom is 0.303 e. The van der Waals surface area contributed by atoms with Crippen molar-refractivity contribution in [1.82, 2.24) is 4.90 Å². The van der Waals surface area contributed by atoms with Crippen LogP contribution in [-0.4, -0.2) is 47.8 Å². The van der Waals surface area contributed by atoms with E-state index in [9.17, 15) is 9.90 Å². The molecule has 0 aliphatic carbocycles. The molecule has 0 saturated carbocycles. The summed E-state index contributed by atoms with van der Waals surface area (Å²) in [4.78, 5) is 12.6. The molecule has 1 aromatic carbocycles. The monoisotopic (exact) mass is 265 g/mol. The second-order valence-corrected chi connectivity index (χ2v) is 4.97. The van der Waals surface area contributed by atoms with E-state index in [1.165, 1.54) is 0 Å². The predicted molar refractivity (Wildman–Crippen MR) is 70.1 cm³/mol. The zero-order valence-corrected chi connectivity index (χ0v) is 11.0. The lowest BCUT2D eigenvalue weighted by atomic mass is 9.95. The Balaban J connectivity index is 1.82. The number of rotatable bonds is 6. The maximum absolute atomic E-state index is 10.5. The van der Waals surface area contributed by atoms with E-state index in [0.29, 0.717) is 6.54 Å². The fourth-order valence-corrected chi connectivity index (χ4v) is 2.40. The number of β-amino-alcohol motifs (C(OH)–C–C–N with tert-alkyl or cyclic N) is 1. The van der Waals surface area contributed by atoms with Crippen LogP contribution in [0.5, 0.6) is 5.75 Å². The number of aliphatic hydroxyl groups excluding tert-OH is 1. The summed E-state index contributed by atoms with van der Waals surface area (Å²) in [5.41, 5.74) is 0.820. The minimum Gasteiger partial charge on any atom is -0.497 e. The second kappa shape index (κ2) is 6.04. The molecule has 0 aromatic heterocycles. The number of benzene rings is 1. The summed E-state index contributed by atoms with van der Waals surface area (Å²) in [6.07, 6.45) is -0.355. The Morgan fingerprint density at radius 3 is 2.89 bits per heavy atom. The first-order chi connectivity index (χ1) is 9.08. The molecule has 5 nitrogen and oxygen atoms in total. The summed E-state index contributed by atoms with van der Waals surface area (Å²) in [7, 11) is 1.59. The minimum atomic E-state index is -0.752. The lowest BCUT2D eigenvalue weighted by molar-refractivity contribution is -0.139. The molecule has 1 aliphatic heterocycles. The molecule has 1 fully saturated rings. The number of aliphatic hydroxyl groups is 1. The molecule has 1 aromatic rings. The van der Waals surface area contributed by atoms with E-state index >= 15 is 0 Å². The van der Waals surface area contributed by atoms with Crippen molar-refractivity contribution < 1.29 is 19.7 Å². The van der Waals surface area contributed by atoms with Crippen LogP contribution in [0.3, 0.4) is 0 Å². The molecule has 0 spiro atoms. The highest BCUT2D eigenvalue weighted by Gasteiger charge is 2.29. The minimum absolute atomic E-state index is 0.214. The van der Waals surface area contributed by atoms with Crippen LogP contribution < -0.4 is 4.74 Å². The van der Waals surface area contributed by atoms with Crippen molar-refractivity contribution in [2.75, 3.05) is 26.7 Å². The van der Waals surface area contributed by atoms with Gasteiger partial charge >= 0.3 is 5.97 Å². The molecule has 5 heteroatoms. The molecule has 104 valence electrons. The van der Waals surface area contributed by atoms with Crippen LogP contribution in [0.25, 0.3) is 0 Å². The van der Waals surface area contributed by atoms with E-state index in [4.69, 9.17) is 9.84 Å². The van der Waals surface area contributed by atoms with Crippen molar-refractivity contribution in [3.05, 3.63) is 29.8 Å². The van der Waals surface area contributed by atoms with Gasteiger partial charge in [-0.2, -0.15) is 0 Å². The van der Waals surface area contributed by atoms with Crippen molar-refractivity contribution >= 4 is 5.97 Å². The summed E-state index contributed by atoms with van der Waals surface area (Å²) in [6.45, 7) is 2.02. The molecule has 0 amide bonds. The molecule has 1 atom stereocenters. The fourth-order valence-electron chi connectivity index (χ4n) is 2.40. The summed E-state index contributed by atoms with van der Waals surface area (Å²) in [5, 5.41) is 18.8. The Morgan fingerprint density at radius 2 is 2.26 bits per heavy atom. The van der Waals surface area contributed by atoms with Gasteiger partial charge < -0.3 is 14.9 Å². The maximum atomic E-state index is 10.5. The van der Waals surface area contributed by atoms with Gasteiger partial charge in [-0.05, 0) is 23.6 Å². The van der Waals surface area contributed by atoms with Gasteiger partial charge in [-0.25, -0.2) is 0 Å². The highest BCUT2D eigenvalue weighted by molar-refractivity contribution is 5.67. The highest BCUT2D eigenvalue weighted by atomic mass is 16.5. The van der Waals surface area contributed by atoms with Crippen LogP contribution in [0.15, 0.2) is 24.3 Å². The van der Waals surface area contributed by atoms with E-state index in [0.717, 1.165) is 24.4 Å². The lowest BCUT2D eigenvalue weighted by Gasteiger charge is -2.39. The number of likely N-dealkylation sites (tertiary alicyclic amines) is 1. The lowest BCUT2D eigenvalue weighted by Crippen LogP contribution is -2.48. The molecule has 1 aliphatic rings. The Morgan fingerprint density at radius 1 is 1.53 bits per heavy atom. The van der Waals surface area contributed by atoms with Crippen LogP contribution >= 0.6 is 0 Å². The molecule has 19 heavy (non-hydrogen) atoms. The number of methoxy groups -OCH3 is 1. The predicted octanol–water partition coefficient (Wildman–Crippen LogP) is 1.14. The Hall–Kier alpha value is -1.59. The molecule has 0 bridgehead atoms. The van der Waals surface area contributed by atoms with Gasteiger partial charge in [0.2, 0.25) is 0 Å². The van der Waals surface area contributed by atoms with Crippen LogP contribution in [0.1, 0.15) is 18.1 Å². The van der Waals surface area contributed by atoms with Gasteiger partial charge in [0.05, 0.1) is 19.6 Å². The van der Waals surface area contributed by atoms with E-state index in [1.807, 2.05) is 24.3 Å². The zero-order valence-electron chi connectivity index (χ0n) is 11.0. The molecule has 0 radical (unpaired) electrons. The van der Waals surface area contributed by atoms with Gasteiger partial charge in [0.15, 0.2) is 0 Å². The van der Waals surface area contributed by atoms with Crippen LogP contribution in [0.4, 0.5) is 0 Å². The quantitative estimate of drug-likeness (QED) is 0.807. The highest BCUT2D eigenvalue weighted by Crippen LogP contribution is 2.24. The number of carboxylic acids is 1. The Kier molecular flexibility index (Phi) is 4.39. The average molecular weight is 265 g/mol. The molecular formula is C14H19NO4. The number of carboxylic acid groups (broad SMARTS) is 1. The number of carbonyl (C=O) groups is 1. The SMILES string of the molecule is COc1cccc(C(O)CN2CC(CC(=O)O)C2)c1. The van der Waals surface area contributed by atoms with Gasteiger partial charge in [-0.15, -0.1) is 0 Å². The van der Waals surface area contributed by atoms with E-state index < -0.39 is 12.1 Å². The second-order valence-electron chi connectivity index (χ2n) is 4.97. The van der Waals surface area contributed by atoms with Crippen molar-refractivity contribution in [3.8, 4) is 5.75 Å². The molecular weight excluding hydrogens is 246 g/mol. The topological polar surface area (TPSA) is 70.0 Å². The summed E-state index contributed by atoms with van der Waals surface area (Å²) >= 11 is 0. The van der Waals surface area contributed by atoms with Gasteiger partial charge in [0, 0.05) is 19.6 Å². The first kappa shape index (κ1) is 13.8. The van der Waals surface area contributed by atoms with Crippen molar-refractivity contribution in [2.24, 2.45) is 5.92 Å². The first-order valence-electron chi connectivity index (χ1n) is 6.34. The van der Waals surface area contributed by atoms with Gasteiger partial charge in [-0.1, -0.05) is 12.1 Å². The molecule has 1 heterocycles. The van der Waals surface area contributed by atoms with Gasteiger partial charge in [-0.3, -0.25) is 9.69 Å². The van der Waals surface area contributed by atoms with E-state index in [1.54, 1.807) is 7.11 Å². The molecule has 1 unspecified atom stereocenters. The zero-order chi connectivity index (χ0) is 13.8. The van der Waals surface area contributed by atoms with Gasteiger partial charge in [0.25, 0.3) is 0 Å². The number of hydrogen-bond acceptors (Lipinski definition) is 4. The van der Waals surface area contributed by atoms with E-state index in [2.05, 4.69) is 4.90 Å². The number of hydrogen-bond donors (Lipinski definition) is 2. The van der Waals surface area contributed by atoms with Crippen molar-refractivity contribution in [2.45, 2.75) is 12.5 Å². The number of nitrogens with zero attached hydrogens (tertiary/aromatic N) is 1. The standard InChI is InChI=1S/C14H19NO4/c1-19-12-4-2-3-11(6-12)13(16)9-15-7-10(8-15)5-14(17)18/h2-4,6,10,13,16H,5,7-9H2,1H3,(H,17,18). The van der Waals surface area contributed by atoms with Crippen LogP contribution in [0, 0.1) is 5.92 Å². The fraction of sp³-hybridized carbons (Fsp3) is 0.500. The van der Waals surface area contributed by atoms with Crippen molar-refractivity contribution in [1.29, 1.82) is 0 Å².